The molecule has 1 N–H and O–H groups in total. The second-order valence-electron chi connectivity index (χ2n) is 5.41. The fourth-order valence-corrected chi connectivity index (χ4v) is 2.76. The standard InChI is InChI=1S/C18H15N3O3/c1-11(7-19)10-21-17(22)15-5-3-4-14(16(15)18(21)23)12-6-13(24-2)9-20-8-12/h3-6,8-9,17,22H,1,10H2,2H3. The largest absolute Gasteiger partial charge is 0.495 e. The average Bonchev–Trinajstić information content (AvgIpc) is 2.86. The molecule has 0 spiro atoms. The molecule has 0 aliphatic carbocycles. The van der Waals surface area contributed by atoms with Crippen LogP contribution in [-0.2, 0) is 0 Å². The Morgan fingerprint density at radius 3 is 3.00 bits per heavy atom. The molecule has 6 heteroatoms. The van der Waals surface area contributed by atoms with Gasteiger partial charge in [0.05, 0.1) is 31.5 Å². The summed E-state index contributed by atoms with van der Waals surface area (Å²) in [5.41, 5.74) is 2.50. The molecule has 120 valence electrons. The number of amides is 1. The highest BCUT2D eigenvalue weighted by Crippen LogP contribution is 2.38. The number of carbonyl (C=O) groups is 1. The van der Waals surface area contributed by atoms with Crippen LogP contribution >= 0.6 is 0 Å². The number of fused-ring (bicyclic) bond motifs is 1. The highest BCUT2D eigenvalue weighted by Gasteiger charge is 2.37. The van der Waals surface area contributed by atoms with E-state index in [1.54, 1.807) is 43.8 Å². The number of rotatable bonds is 4. The Balaban J connectivity index is 2.08. The number of hydrogen-bond acceptors (Lipinski definition) is 5. The molecule has 1 aromatic carbocycles. The molecule has 0 fully saturated rings. The van der Waals surface area contributed by atoms with Crippen molar-refractivity contribution in [2.45, 2.75) is 6.23 Å². The lowest BCUT2D eigenvalue weighted by atomic mass is 9.97. The number of hydrogen-bond donors (Lipinski definition) is 1. The zero-order valence-corrected chi connectivity index (χ0v) is 13.1. The highest BCUT2D eigenvalue weighted by atomic mass is 16.5. The first kappa shape index (κ1) is 15.7. The van der Waals surface area contributed by atoms with Crippen LogP contribution in [0.15, 0.2) is 48.8 Å². The van der Waals surface area contributed by atoms with Crippen LogP contribution in [0.25, 0.3) is 11.1 Å². The van der Waals surface area contributed by atoms with Gasteiger partial charge in [0, 0.05) is 22.9 Å². The van der Waals surface area contributed by atoms with E-state index in [0.717, 1.165) is 0 Å². The lowest BCUT2D eigenvalue weighted by Crippen LogP contribution is -2.29. The van der Waals surface area contributed by atoms with Crippen molar-refractivity contribution in [2.75, 3.05) is 13.7 Å². The van der Waals surface area contributed by atoms with Crippen LogP contribution in [0.2, 0.25) is 0 Å². The van der Waals surface area contributed by atoms with E-state index in [0.29, 0.717) is 28.0 Å². The Bertz CT molecular complexity index is 870. The van der Waals surface area contributed by atoms with Gasteiger partial charge >= 0.3 is 0 Å². The summed E-state index contributed by atoms with van der Waals surface area (Å²) in [6.45, 7) is 3.57. The molecule has 3 rings (SSSR count). The number of carbonyl (C=O) groups excluding carboxylic acids is 1. The molecule has 0 saturated heterocycles. The van der Waals surface area contributed by atoms with Crippen LogP contribution in [-0.4, -0.2) is 34.6 Å². The van der Waals surface area contributed by atoms with Crippen LogP contribution in [0.3, 0.4) is 0 Å². The van der Waals surface area contributed by atoms with Gasteiger partial charge in [-0.05, 0) is 11.6 Å². The summed E-state index contributed by atoms with van der Waals surface area (Å²) in [5.74, 6) is 0.234. The maximum absolute atomic E-state index is 12.8. The van der Waals surface area contributed by atoms with Gasteiger partial charge in [0.15, 0.2) is 6.23 Å². The summed E-state index contributed by atoms with van der Waals surface area (Å²) >= 11 is 0. The number of methoxy groups -OCH3 is 1. The predicted molar refractivity (Wildman–Crippen MR) is 87.0 cm³/mol. The van der Waals surface area contributed by atoms with Crippen LogP contribution in [0, 0.1) is 11.3 Å². The fraction of sp³-hybridized carbons (Fsp3) is 0.167. The number of benzene rings is 1. The Morgan fingerprint density at radius 2 is 2.29 bits per heavy atom. The lowest BCUT2D eigenvalue weighted by molar-refractivity contribution is 0.0225. The van der Waals surface area contributed by atoms with Crippen molar-refractivity contribution in [3.05, 3.63) is 59.9 Å². The van der Waals surface area contributed by atoms with Crippen molar-refractivity contribution in [1.29, 1.82) is 5.26 Å². The first-order valence-corrected chi connectivity index (χ1v) is 7.26. The number of ether oxygens (including phenoxy) is 1. The minimum Gasteiger partial charge on any atom is -0.495 e. The molecule has 1 aliphatic rings. The Labute approximate surface area is 139 Å². The number of aromatic nitrogens is 1. The molecule has 1 amide bonds. The summed E-state index contributed by atoms with van der Waals surface area (Å²) in [6, 6.07) is 8.94. The highest BCUT2D eigenvalue weighted by molar-refractivity contribution is 6.05. The topological polar surface area (TPSA) is 86.5 Å². The van der Waals surface area contributed by atoms with Gasteiger partial charge in [-0.1, -0.05) is 24.8 Å². The first-order valence-electron chi connectivity index (χ1n) is 7.26. The minimum absolute atomic E-state index is 0.0129. The summed E-state index contributed by atoms with van der Waals surface area (Å²) in [6.07, 6.45) is 2.11. The molecule has 0 radical (unpaired) electrons. The second-order valence-corrected chi connectivity index (χ2v) is 5.41. The minimum atomic E-state index is -1.10. The molecule has 2 aromatic rings. The van der Waals surface area contributed by atoms with E-state index in [2.05, 4.69) is 11.6 Å². The maximum Gasteiger partial charge on any atom is 0.257 e. The smallest absolute Gasteiger partial charge is 0.257 e. The SMILES string of the molecule is C=C(C#N)CN1C(=O)c2c(-c3cncc(OC)c3)cccc2C1O. The number of nitrogens with zero attached hydrogens (tertiary/aromatic N) is 3. The van der Waals surface area contributed by atoms with Crippen LogP contribution in [0.5, 0.6) is 5.75 Å². The van der Waals surface area contributed by atoms with Gasteiger partial charge < -0.3 is 14.7 Å². The normalized spacial score (nSPS) is 15.8. The van der Waals surface area contributed by atoms with Crippen molar-refractivity contribution in [1.82, 2.24) is 9.88 Å². The summed E-state index contributed by atoms with van der Waals surface area (Å²) < 4.78 is 5.18. The van der Waals surface area contributed by atoms with E-state index >= 15 is 0 Å². The Morgan fingerprint density at radius 1 is 1.50 bits per heavy atom. The first-order chi connectivity index (χ1) is 11.6. The predicted octanol–water partition coefficient (Wildman–Crippen LogP) is 2.28. The monoisotopic (exact) mass is 321 g/mol. The van der Waals surface area contributed by atoms with E-state index in [1.807, 2.05) is 6.07 Å². The van der Waals surface area contributed by atoms with Gasteiger partial charge in [0.1, 0.15) is 5.75 Å². The van der Waals surface area contributed by atoms with Gasteiger partial charge in [-0.2, -0.15) is 5.26 Å². The van der Waals surface area contributed by atoms with Gasteiger partial charge in [0.25, 0.3) is 5.91 Å². The molecule has 1 aliphatic heterocycles. The molecule has 2 heterocycles. The van der Waals surface area contributed by atoms with Gasteiger partial charge in [-0.3, -0.25) is 9.78 Å². The molecule has 1 atom stereocenters. The molecular formula is C18H15N3O3. The van der Waals surface area contributed by atoms with Gasteiger partial charge in [0.2, 0.25) is 0 Å². The maximum atomic E-state index is 12.8. The van der Waals surface area contributed by atoms with Gasteiger partial charge in [-0.15, -0.1) is 0 Å². The van der Waals surface area contributed by atoms with E-state index in [1.165, 1.54) is 4.90 Å². The summed E-state index contributed by atoms with van der Waals surface area (Å²) in [7, 11) is 1.54. The molecule has 0 saturated carbocycles. The van der Waals surface area contributed by atoms with E-state index in [4.69, 9.17) is 10.00 Å². The van der Waals surface area contributed by atoms with Crippen molar-refractivity contribution in [3.8, 4) is 22.9 Å². The third-order valence-corrected chi connectivity index (χ3v) is 3.92. The Hall–Kier alpha value is -3.17. The molecule has 0 bridgehead atoms. The molecule has 1 unspecified atom stereocenters. The van der Waals surface area contributed by atoms with Crippen molar-refractivity contribution >= 4 is 5.91 Å². The molecular weight excluding hydrogens is 306 g/mol. The van der Waals surface area contributed by atoms with Crippen LogP contribution < -0.4 is 4.74 Å². The molecule has 6 nitrogen and oxygen atoms in total. The molecule has 24 heavy (non-hydrogen) atoms. The quantitative estimate of drug-likeness (QED) is 0.873. The fourth-order valence-electron chi connectivity index (χ4n) is 2.76. The van der Waals surface area contributed by atoms with E-state index in [-0.39, 0.29) is 18.0 Å². The third-order valence-electron chi connectivity index (χ3n) is 3.92. The number of aliphatic hydroxyl groups excluding tert-OH is 1. The van der Waals surface area contributed by atoms with Gasteiger partial charge in [-0.25, -0.2) is 0 Å². The van der Waals surface area contributed by atoms with E-state index in [9.17, 15) is 9.90 Å². The summed E-state index contributed by atoms with van der Waals surface area (Å²) in [4.78, 5) is 18.1. The van der Waals surface area contributed by atoms with Crippen LogP contribution in [0.1, 0.15) is 22.1 Å². The lowest BCUT2D eigenvalue weighted by Gasteiger charge is -2.19. The third kappa shape index (κ3) is 2.51. The Kier molecular flexibility index (Phi) is 4.02. The van der Waals surface area contributed by atoms with E-state index < -0.39 is 6.23 Å². The van der Waals surface area contributed by atoms with Crippen LogP contribution in [0.4, 0.5) is 0 Å². The average molecular weight is 321 g/mol. The van der Waals surface area contributed by atoms with Crippen molar-refractivity contribution in [3.63, 3.8) is 0 Å². The second kappa shape index (κ2) is 6.14. The summed E-state index contributed by atoms with van der Waals surface area (Å²) in [5, 5.41) is 19.3. The zero-order valence-electron chi connectivity index (χ0n) is 13.1. The molecule has 1 aromatic heterocycles. The zero-order chi connectivity index (χ0) is 17.3. The van der Waals surface area contributed by atoms with Crippen molar-refractivity contribution < 1.29 is 14.6 Å². The number of pyridine rings is 1. The van der Waals surface area contributed by atoms with Crippen molar-refractivity contribution in [2.24, 2.45) is 0 Å². The number of nitriles is 1. The number of aliphatic hydroxyl groups is 1.